The topological polar surface area (TPSA) is 137 Å². The fraction of sp³-hybridized carbons (Fsp3) is 0.143. The van der Waals surface area contributed by atoms with Crippen molar-refractivity contribution in [2.45, 2.75) is 13.8 Å². The van der Waals surface area contributed by atoms with E-state index in [2.05, 4.69) is 9.97 Å². The van der Waals surface area contributed by atoms with Crippen molar-refractivity contribution in [3.63, 3.8) is 0 Å². The van der Waals surface area contributed by atoms with Gasteiger partial charge in [-0.25, -0.2) is 9.78 Å². The summed E-state index contributed by atoms with van der Waals surface area (Å²) < 4.78 is 11.2. The van der Waals surface area contributed by atoms with Gasteiger partial charge in [-0.15, -0.1) is 0 Å². The number of benzene rings is 2. The maximum absolute atomic E-state index is 12.5. The highest BCUT2D eigenvalue weighted by Crippen LogP contribution is 2.35. The number of anilines is 2. The molecule has 0 atom stereocenters. The lowest BCUT2D eigenvalue weighted by Gasteiger charge is -2.13. The molecule has 0 aliphatic rings. The third kappa shape index (κ3) is 4.25. The van der Waals surface area contributed by atoms with Crippen LogP contribution in [0.15, 0.2) is 42.5 Å². The number of nitrogens with zero attached hydrogens (tertiary/aromatic N) is 3. The van der Waals surface area contributed by atoms with Crippen molar-refractivity contribution in [3.8, 4) is 28.8 Å². The van der Waals surface area contributed by atoms with Gasteiger partial charge in [0, 0.05) is 5.56 Å². The molecular weight excluding hydrogens is 370 g/mol. The molecule has 146 valence electrons. The molecule has 0 saturated carbocycles. The van der Waals surface area contributed by atoms with Crippen LogP contribution in [-0.2, 0) is 0 Å². The third-order valence-electron chi connectivity index (χ3n) is 4.04. The van der Waals surface area contributed by atoms with Crippen LogP contribution >= 0.6 is 0 Å². The molecule has 8 nitrogen and oxygen atoms in total. The van der Waals surface area contributed by atoms with E-state index in [1.807, 2.05) is 19.1 Å². The lowest BCUT2D eigenvalue weighted by molar-refractivity contribution is 0.0728. The number of carbonyl (C=O) groups excluding carboxylic acids is 1. The van der Waals surface area contributed by atoms with Gasteiger partial charge in [-0.05, 0) is 44.2 Å². The van der Waals surface area contributed by atoms with E-state index in [1.165, 1.54) is 0 Å². The summed E-state index contributed by atoms with van der Waals surface area (Å²) in [5.41, 5.74) is 13.7. The molecule has 1 heterocycles. The zero-order valence-corrected chi connectivity index (χ0v) is 16.0. The Balaban J connectivity index is 2.00. The second-order valence-corrected chi connectivity index (χ2v) is 6.16. The molecule has 0 unspecified atom stereocenters. The first-order valence-corrected chi connectivity index (χ1v) is 8.82. The summed E-state index contributed by atoms with van der Waals surface area (Å²) in [6.07, 6.45) is 0. The van der Waals surface area contributed by atoms with Crippen LogP contribution in [0.1, 0.15) is 28.4 Å². The number of aromatic nitrogens is 2. The van der Waals surface area contributed by atoms with Gasteiger partial charge in [-0.1, -0.05) is 17.7 Å². The van der Waals surface area contributed by atoms with E-state index >= 15 is 0 Å². The van der Waals surface area contributed by atoms with E-state index in [9.17, 15) is 10.1 Å². The highest BCUT2D eigenvalue weighted by atomic mass is 16.6. The van der Waals surface area contributed by atoms with Gasteiger partial charge < -0.3 is 20.9 Å². The number of esters is 1. The van der Waals surface area contributed by atoms with Gasteiger partial charge in [0.2, 0.25) is 5.95 Å². The first-order valence-electron chi connectivity index (χ1n) is 8.82. The van der Waals surface area contributed by atoms with Gasteiger partial charge in [0.25, 0.3) is 0 Å². The van der Waals surface area contributed by atoms with Crippen molar-refractivity contribution < 1.29 is 14.3 Å². The molecule has 0 saturated heterocycles. The van der Waals surface area contributed by atoms with Crippen molar-refractivity contribution in [1.82, 2.24) is 9.97 Å². The highest BCUT2D eigenvalue weighted by molar-refractivity contribution is 5.91. The number of ether oxygens (including phenoxy) is 2. The molecule has 3 aromatic rings. The van der Waals surface area contributed by atoms with E-state index in [0.29, 0.717) is 23.5 Å². The molecule has 0 radical (unpaired) electrons. The maximum atomic E-state index is 12.5. The predicted molar refractivity (Wildman–Crippen MR) is 108 cm³/mol. The first-order chi connectivity index (χ1) is 13.9. The van der Waals surface area contributed by atoms with E-state index < -0.39 is 5.97 Å². The minimum atomic E-state index is -0.504. The summed E-state index contributed by atoms with van der Waals surface area (Å²) >= 11 is 0. The zero-order chi connectivity index (χ0) is 21.0. The summed E-state index contributed by atoms with van der Waals surface area (Å²) in [6, 6.07) is 13.9. The average Bonchev–Trinajstić information content (AvgIpc) is 2.69. The van der Waals surface area contributed by atoms with Crippen LogP contribution in [0.25, 0.3) is 11.3 Å². The Bertz CT molecular complexity index is 1120. The van der Waals surface area contributed by atoms with Crippen molar-refractivity contribution >= 4 is 17.7 Å². The number of hydrogen-bond acceptors (Lipinski definition) is 8. The Kier molecular flexibility index (Phi) is 5.60. The smallest absolute Gasteiger partial charge is 0.343 e. The second-order valence-electron chi connectivity index (χ2n) is 6.16. The number of nitriles is 1. The van der Waals surface area contributed by atoms with Gasteiger partial charge in [-0.3, -0.25) is 0 Å². The highest BCUT2D eigenvalue weighted by Gasteiger charge is 2.18. The summed E-state index contributed by atoms with van der Waals surface area (Å²) in [7, 11) is 0. The molecule has 8 heteroatoms. The maximum Gasteiger partial charge on any atom is 0.343 e. The van der Waals surface area contributed by atoms with Gasteiger partial charge in [-0.2, -0.15) is 10.2 Å². The van der Waals surface area contributed by atoms with E-state index in [0.717, 1.165) is 5.56 Å². The number of nitrogen functional groups attached to an aromatic ring is 2. The fourth-order valence-electron chi connectivity index (χ4n) is 2.75. The first kappa shape index (κ1) is 19.6. The van der Waals surface area contributed by atoms with E-state index in [-0.39, 0.29) is 28.8 Å². The van der Waals surface area contributed by atoms with Crippen LogP contribution in [0.2, 0.25) is 0 Å². The van der Waals surface area contributed by atoms with Crippen molar-refractivity contribution in [3.05, 3.63) is 59.2 Å². The molecule has 0 spiro atoms. The monoisotopic (exact) mass is 389 g/mol. The molecule has 1 aromatic heterocycles. The van der Waals surface area contributed by atoms with Crippen molar-refractivity contribution in [2.24, 2.45) is 0 Å². The lowest BCUT2D eigenvalue weighted by atomic mass is 10.1. The Hall–Kier alpha value is -4.12. The Labute approximate surface area is 167 Å². The fourth-order valence-corrected chi connectivity index (χ4v) is 2.75. The molecule has 0 fully saturated rings. The lowest BCUT2D eigenvalue weighted by Crippen LogP contribution is -2.10. The molecule has 2 aromatic carbocycles. The Morgan fingerprint density at radius 1 is 1.14 bits per heavy atom. The van der Waals surface area contributed by atoms with Gasteiger partial charge >= 0.3 is 5.97 Å². The van der Waals surface area contributed by atoms with Crippen LogP contribution in [0.3, 0.4) is 0 Å². The number of carbonyl (C=O) groups is 1. The summed E-state index contributed by atoms with van der Waals surface area (Å²) in [5.74, 6) is 0.00391. The summed E-state index contributed by atoms with van der Waals surface area (Å²) in [6.45, 7) is 4.04. The van der Waals surface area contributed by atoms with Gasteiger partial charge in [0.15, 0.2) is 11.5 Å². The number of rotatable bonds is 5. The van der Waals surface area contributed by atoms with Gasteiger partial charge in [0.1, 0.15) is 17.5 Å². The van der Waals surface area contributed by atoms with Crippen LogP contribution in [0, 0.1) is 18.3 Å². The molecule has 4 N–H and O–H groups in total. The van der Waals surface area contributed by atoms with Crippen LogP contribution in [-0.4, -0.2) is 22.5 Å². The average molecular weight is 389 g/mol. The summed E-state index contributed by atoms with van der Waals surface area (Å²) in [4.78, 5) is 20.4. The van der Waals surface area contributed by atoms with Crippen LogP contribution < -0.4 is 20.9 Å². The third-order valence-corrected chi connectivity index (χ3v) is 4.04. The van der Waals surface area contributed by atoms with Crippen molar-refractivity contribution in [2.75, 3.05) is 18.1 Å². The molecule has 0 amide bonds. The van der Waals surface area contributed by atoms with E-state index in [4.69, 9.17) is 20.9 Å². The second kappa shape index (κ2) is 8.27. The normalized spacial score (nSPS) is 10.2. The quantitative estimate of drug-likeness (QED) is 0.501. The van der Waals surface area contributed by atoms with Crippen molar-refractivity contribution in [1.29, 1.82) is 5.26 Å². The van der Waals surface area contributed by atoms with Gasteiger partial charge in [0.05, 0.1) is 17.9 Å². The molecular formula is C21H19N5O3. The minimum absolute atomic E-state index is 0.0112. The number of aryl methyl sites for hydroxylation is 1. The van der Waals surface area contributed by atoms with E-state index in [1.54, 1.807) is 43.3 Å². The zero-order valence-electron chi connectivity index (χ0n) is 16.0. The molecule has 0 aliphatic carbocycles. The molecule has 29 heavy (non-hydrogen) atoms. The SMILES string of the molecule is CCOc1cc(-c2nc(N)nc(N)c2C#N)ccc1OC(=O)c1cccc(C)c1. The number of hydrogen-bond donors (Lipinski definition) is 2. The molecule has 0 aliphatic heterocycles. The Morgan fingerprint density at radius 3 is 2.62 bits per heavy atom. The minimum Gasteiger partial charge on any atom is -0.490 e. The standard InChI is InChI=1S/C21H19N5O3/c1-3-28-17-10-13(18-15(11-22)19(23)26-21(24)25-18)7-8-16(17)29-20(27)14-6-4-5-12(2)9-14/h4-10H,3H2,1-2H3,(H4,23,24,25,26). The molecule has 0 bridgehead atoms. The summed E-state index contributed by atoms with van der Waals surface area (Å²) in [5, 5.41) is 9.39. The van der Waals surface area contributed by atoms with Crippen LogP contribution in [0.5, 0.6) is 11.5 Å². The number of nitrogens with two attached hydrogens (primary N) is 2. The molecule has 3 rings (SSSR count). The Morgan fingerprint density at radius 2 is 1.93 bits per heavy atom. The van der Waals surface area contributed by atoms with Crippen LogP contribution in [0.4, 0.5) is 11.8 Å². The predicted octanol–water partition coefficient (Wildman–Crippen LogP) is 3.11. The largest absolute Gasteiger partial charge is 0.490 e.